The van der Waals surface area contributed by atoms with Crippen molar-refractivity contribution in [2.45, 2.75) is 20.8 Å². The van der Waals surface area contributed by atoms with E-state index in [2.05, 4.69) is 15.2 Å². The fraction of sp³-hybridized carbons (Fsp3) is 0.333. The molecule has 2 aromatic carbocycles. The van der Waals surface area contributed by atoms with Crippen LogP contribution in [0.1, 0.15) is 20.8 Å². The Morgan fingerprint density at radius 3 is 2.63 bits per heavy atom. The first kappa shape index (κ1) is 28.1. The maximum absolute atomic E-state index is 12.3. The highest BCUT2D eigenvalue weighted by molar-refractivity contribution is 6.03. The SMILES string of the molecule is CC(C)(C)/C(O)=C/C(N)=N\C(=O)Nc1ccc(-c2ccn3c(n2)nc2cc(OCCN4CCOCC4)ccc23)cc1. The van der Waals surface area contributed by atoms with E-state index < -0.39 is 11.4 Å². The fourth-order valence-corrected chi connectivity index (χ4v) is 4.33. The first-order chi connectivity index (χ1) is 19.7. The smallest absolute Gasteiger partial charge is 0.347 e. The fourth-order valence-electron chi connectivity index (χ4n) is 4.33. The Hall–Kier alpha value is -4.48. The number of nitrogens with one attached hydrogen (secondary N) is 1. The number of aliphatic hydroxyl groups is 1. The summed E-state index contributed by atoms with van der Waals surface area (Å²) in [5, 5.41) is 12.7. The molecule has 5 rings (SSSR count). The van der Waals surface area contributed by atoms with Crippen molar-refractivity contribution in [1.29, 1.82) is 0 Å². The van der Waals surface area contributed by atoms with E-state index >= 15 is 0 Å². The molecule has 1 aliphatic heterocycles. The number of rotatable bonds is 7. The molecule has 0 saturated carbocycles. The molecule has 0 unspecified atom stereocenters. The average molecular weight is 558 g/mol. The number of aromatic nitrogens is 3. The highest BCUT2D eigenvalue weighted by Gasteiger charge is 2.16. The largest absolute Gasteiger partial charge is 0.512 e. The number of ether oxygens (including phenoxy) is 2. The standard InChI is InChI=1S/C30H35N7O4/c1-30(2,3)26(38)19-27(31)35-29(39)32-21-6-4-20(5-7-21)23-10-11-37-25-9-8-22(18-24(25)34-28(37)33-23)41-17-14-36-12-15-40-16-13-36/h4-11,18-19,38H,12-17H2,1-3H3,(H3,31,32,35,39)/b26-19-. The number of amidine groups is 1. The number of hydrogen-bond donors (Lipinski definition) is 3. The van der Waals surface area contributed by atoms with Gasteiger partial charge in [0.25, 0.3) is 0 Å². The van der Waals surface area contributed by atoms with Crippen molar-refractivity contribution in [3.05, 3.63) is 66.6 Å². The molecule has 1 fully saturated rings. The van der Waals surface area contributed by atoms with Gasteiger partial charge in [-0.2, -0.15) is 4.99 Å². The lowest BCUT2D eigenvalue weighted by molar-refractivity contribution is 0.0322. The van der Waals surface area contributed by atoms with E-state index in [1.807, 2.05) is 67.8 Å². The molecule has 0 radical (unpaired) electrons. The summed E-state index contributed by atoms with van der Waals surface area (Å²) in [5.74, 6) is 1.32. The Kier molecular flexibility index (Phi) is 8.18. The lowest BCUT2D eigenvalue weighted by Gasteiger charge is -2.26. The van der Waals surface area contributed by atoms with Gasteiger partial charge in [0.15, 0.2) is 0 Å². The number of aliphatic imine (C=N–C) groups is 1. The molecule has 0 aliphatic carbocycles. The molecule has 1 saturated heterocycles. The van der Waals surface area contributed by atoms with Crippen LogP contribution in [0.5, 0.6) is 5.75 Å². The van der Waals surface area contributed by atoms with Gasteiger partial charge in [-0.05, 0) is 30.3 Å². The van der Waals surface area contributed by atoms with Gasteiger partial charge in [0.2, 0.25) is 5.78 Å². The number of aliphatic hydroxyl groups excluding tert-OH is 1. The molecule has 2 amide bonds. The Morgan fingerprint density at radius 2 is 1.90 bits per heavy atom. The molecule has 4 N–H and O–H groups in total. The highest BCUT2D eigenvalue weighted by Crippen LogP contribution is 2.25. The molecule has 1 aliphatic rings. The second kappa shape index (κ2) is 11.9. The molecule has 4 aromatic rings. The van der Waals surface area contributed by atoms with Crippen molar-refractivity contribution in [1.82, 2.24) is 19.3 Å². The first-order valence-corrected chi connectivity index (χ1v) is 13.5. The van der Waals surface area contributed by atoms with E-state index in [1.54, 1.807) is 12.1 Å². The lowest BCUT2D eigenvalue weighted by atomic mass is 9.93. The second-order valence-corrected chi connectivity index (χ2v) is 10.9. The number of amides is 2. The highest BCUT2D eigenvalue weighted by atomic mass is 16.5. The van der Waals surface area contributed by atoms with E-state index in [4.69, 9.17) is 25.2 Å². The van der Waals surface area contributed by atoms with Crippen molar-refractivity contribution in [2.75, 3.05) is 44.8 Å². The summed E-state index contributed by atoms with van der Waals surface area (Å²) in [6.07, 6.45) is 3.23. The van der Waals surface area contributed by atoms with Crippen LogP contribution >= 0.6 is 0 Å². The minimum atomic E-state index is -0.638. The van der Waals surface area contributed by atoms with E-state index in [1.165, 1.54) is 6.08 Å². The maximum Gasteiger partial charge on any atom is 0.347 e. The van der Waals surface area contributed by atoms with Crippen molar-refractivity contribution >= 4 is 34.4 Å². The summed E-state index contributed by atoms with van der Waals surface area (Å²) in [6.45, 7) is 10.4. The van der Waals surface area contributed by atoms with Crippen LogP contribution in [0.3, 0.4) is 0 Å². The van der Waals surface area contributed by atoms with Gasteiger partial charge in [0, 0.05) is 54.6 Å². The molecule has 0 bridgehead atoms. The Labute approximate surface area is 238 Å². The van der Waals surface area contributed by atoms with Gasteiger partial charge in [-0.15, -0.1) is 0 Å². The number of benzene rings is 2. The number of urea groups is 1. The molecule has 11 nitrogen and oxygen atoms in total. The van der Waals surface area contributed by atoms with Gasteiger partial charge in [0.05, 0.1) is 29.9 Å². The number of morpholine rings is 1. The summed E-state index contributed by atoms with van der Waals surface area (Å²) in [6, 6.07) is 14.4. The molecule has 41 heavy (non-hydrogen) atoms. The van der Waals surface area contributed by atoms with Gasteiger partial charge in [-0.25, -0.2) is 14.8 Å². The number of nitrogens with two attached hydrogens (primary N) is 1. The van der Waals surface area contributed by atoms with Crippen LogP contribution in [0, 0.1) is 5.41 Å². The van der Waals surface area contributed by atoms with Crippen LogP contribution in [0.15, 0.2) is 71.6 Å². The number of carbonyl (C=O) groups excluding carboxylic acids is 1. The van der Waals surface area contributed by atoms with Crippen LogP contribution < -0.4 is 15.8 Å². The van der Waals surface area contributed by atoms with Crippen LogP contribution in [-0.2, 0) is 4.74 Å². The Morgan fingerprint density at radius 1 is 1.15 bits per heavy atom. The summed E-state index contributed by atoms with van der Waals surface area (Å²) in [7, 11) is 0. The van der Waals surface area contributed by atoms with Crippen LogP contribution in [0.2, 0.25) is 0 Å². The number of hydrogen-bond acceptors (Lipinski definition) is 7. The number of anilines is 1. The predicted molar refractivity (Wildman–Crippen MR) is 159 cm³/mol. The maximum atomic E-state index is 12.3. The minimum Gasteiger partial charge on any atom is -0.512 e. The van der Waals surface area contributed by atoms with Crippen LogP contribution in [-0.4, -0.2) is 75.7 Å². The quantitative estimate of drug-likeness (QED) is 0.170. The molecule has 0 atom stereocenters. The van der Waals surface area contributed by atoms with Gasteiger partial charge >= 0.3 is 6.03 Å². The zero-order chi connectivity index (χ0) is 29.0. The summed E-state index contributed by atoms with van der Waals surface area (Å²) >= 11 is 0. The summed E-state index contributed by atoms with van der Waals surface area (Å²) in [5.41, 5.74) is 9.21. The molecular weight excluding hydrogens is 522 g/mol. The first-order valence-electron chi connectivity index (χ1n) is 13.5. The van der Waals surface area contributed by atoms with Gasteiger partial charge in [0.1, 0.15) is 24.0 Å². The third-order valence-electron chi connectivity index (χ3n) is 6.74. The number of allylic oxidation sites excluding steroid dienone is 1. The number of fused-ring (bicyclic) bond motifs is 3. The average Bonchev–Trinajstić information content (AvgIpc) is 3.30. The monoisotopic (exact) mass is 557 g/mol. The lowest BCUT2D eigenvalue weighted by Crippen LogP contribution is -2.38. The molecule has 0 spiro atoms. The van der Waals surface area contributed by atoms with Crippen LogP contribution in [0.4, 0.5) is 10.5 Å². The second-order valence-electron chi connectivity index (χ2n) is 10.9. The van der Waals surface area contributed by atoms with Crippen LogP contribution in [0.25, 0.3) is 28.1 Å². The zero-order valence-electron chi connectivity index (χ0n) is 23.5. The molecule has 11 heteroatoms. The molecule has 214 valence electrons. The topological polar surface area (TPSA) is 140 Å². The van der Waals surface area contributed by atoms with E-state index in [0.29, 0.717) is 18.1 Å². The zero-order valence-corrected chi connectivity index (χ0v) is 23.5. The number of nitrogens with zero attached hydrogens (tertiary/aromatic N) is 5. The van der Waals surface area contributed by atoms with Crippen molar-refractivity contribution < 1.29 is 19.4 Å². The Bertz CT molecular complexity index is 1600. The Balaban J connectivity index is 1.24. The normalized spacial score (nSPS) is 15.4. The van der Waals surface area contributed by atoms with Gasteiger partial charge in [-0.3, -0.25) is 9.30 Å². The van der Waals surface area contributed by atoms with E-state index in [9.17, 15) is 9.90 Å². The van der Waals surface area contributed by atoms with E-state index in [-0.39, 0.29) is 11.6 Å². The summed E-state index contributed by atoms with van der Waals surface area (Å²) in [4.78, 5) is 27.8. The van der Waals surface area contributed by atoms with Gasteiger partial charge < -0.3 is 25.6 Å². The third-order valence-corrected chi connectivity index (χ3v) is 6.74. The summed E-state index contributed by atoms with van der Waals surface area (Å²) < 4.78 is 13.3. The van der Waals surface area contributed by atoms with Crippen molar-refractivity contribution in [3.8, 4) is 17.0 Å². The molecular formula is C30H35N7O4. The molecule has 2 aromatic heterocycles. The third kappa shape index (κ3) is 7.00. The predicted octanol–water partition coefficient (Wildman–Crippen LogP) is 4.64. The van der Waals surface area contributed by atoms with Gasteiger partial charge in [-0.1, -0.05) is 32.9 Å². The molecule has 3 heterocycles. The minimum absolute atomic E-state index is 0.0407. The number of carbonyl (C=O) groups is 1. The van der Waals surface area contributed by atoms with Crippen molar-refractivity contribution in [2.24, 2.45) is 16.1 Å². The number of imidazole rings is 1. The van der Waals surface area contributed by atoms with E-state index in [0.717, 1.165) is 60.9 Å². The van der Waals surface area contributed by atoms with Crippen molar-refractivity contribution in [3.63, 3.8) is 0 Å².